The number of amides is 2. The molecule has 0 aromatic carbocycles. The molecule has 0 spiro atoms. The van der Waals surface area contributed by atoms with Gasteiger partial charge < -0.3 is 10.2 Å². The molecule has 1 aromatic rings. The number of carbonyl (C=O) groups excluding carboxylic acids is 1. The summed E-state index contributed by atoms with van der Waals surface area (Å²) in [6, 6.07) is -0.605. The van der Waals surface area contributed by atoms with Gasteiger partial charge in [-0.25, -0.2) is 4.79 Å². The summed E-state index contributed by atoms with van der Waals surface area (Å²) in [6.07, 6.45) is 1.07. The Kier molecular flexibility index (Phi) is 4.51. The van der Waals surface area contributed by atoms with Gasteiger partial charge in [-0.3, -0.25) is 5.10 Å². The van der Waals surface area contributed by atoms with Gasteiger partial charge in [0.1, 0.15) is 0 Å². The molecule has 1 heterocycles. The molecule has 1 saturated carbocycles. The number of hydrogen-bond donors (Lipinski definition) is 2. The quantitative estimate of drug-likeness (QED) is 0.895. The van der Waals surface area contributed by atoms with Crippen LogP contribution in [0.4, 0.5) is 23.7 Å². The van der Waals surface area contributed by atoms with E-state index in [2.05, 4.69) is 15.5 Å². The molecule has 2 N–H and O–H groups in total. The first-order valence-electron chi connectivity index (χ1n) is 6.59. The van der Waals surface area contributed by atoms with E-state index in [-0.39, 0.29) is 12.6 Å². The zero-order chi connectivity index (χ0) is 14.6. The van der Waals surface area contributed by atoms with Crippen LogP contribution in [0.2, 0.25) is 0 Å². The van der Waals surface area contributed by atoms with Gasteiger partial charge in [-0.1, -0.05) is 12.8 Å². The van der Waals surface area contributed by atoms with Crippen LogP contribution < -0.4 is 5.32 Å². The Morgan fingerprint density at radius 3 is 2.70 bits per heavy atom. The van der Waals surface area contributed by atoms with Crippen LogP contribution in [0.5, 0.6) is 0 Å². The minimum atomic E-state index is -4.26. The summed E-state index contributed by atoms with van der Waals surface area (Å²) in [5.41, 5.74) is 0.449. The second-order valence-electron chi connectivity index (χ2n) is 4.91. The molecule has 2 rings (SSSR count). The maximum Gasteiger partial charge on any atom is 0.390 e. The molecule has 0 aliphatic heterocycles. The molecule has 2 amide bonds. The van der Waals surface area contributed by atoms with E-state index >= 15 is 0 Å². The van der Waals surface area contributed by atoms with Crippen molar-refractivity contribution in [1.29, 1.82) is 0 Å². The third-order valence-electron chi connectivity index (χ3n) is 3.41. The Bertz CT molecular complexity index is 426. The Labute approximate surface area is 114 Å². The highest BCUT2D eigenvalue weighted by atomic mass is 19.4. The van der Waals surface area contributed by atoms with Gasteiger partial charge in [0.2, 0.25) is 0 Å². The number of aromatic amines is 1. The van der Waals surface area contributed by atoms with Crippen LogP contribution >= 0.6 is 0 Å². The van der Waals surface area contributed by atoms with E-state index in [1.165, 1.54) is 17.3 Å². The van der Waals surface area contributed by atoms with E-state index in [0.717, 1.165) is 25.7 Å². The predicted molar refractivity (Wildman–Crippen MR) is 67.2 cm³/mol. The smallest absolute Gasteiger partial charge is 0.321 e. The maximum absolute atomic E-state index is 12.4. The molecular weight excluding hydrogens is 273 g/mol. The molecule has 0 radical (unpaired) electrons. The average Bonchev–Trinajstić information content (AvgIpc) is 3.00. The van der Waals surface area contributed by atoms with E-state index in [4.69, 9.17) is 0 Å². The third-order valence-corrected chi connectivity index (χ3v) is 3.41. The number of nitrogens with zero attached hydrogens (tertiary/aromatic N) is 2. The first-order valence-corrected chi connectivity index (χ1v) is 6.59. The Morgan fingerprint density at radius 1 is 1.45 bits per heavy atom. The van der Waals surface area contributed by atoms with Crippen LogP contribution in [-0.4, -0.2) is 39.9 Å². The first-order chi connectivity index (χ1) is 9.46. The van der Waals surface area contributed by atoms with Crippen molar-refractivity contribution in [3.8, 4) is 0 Å². The lowest BCUT2D eigenvalue weighted by Gasteiger charge is -2.29. The Balaban J connectivity index is 1.99. The van der Waals surface area contributed by atoms with E-state index in [1.807, 2.05) is 0 Å². The van der Waals surface area contributed by atoms with Gasteiger partial charge in [0.15, 0.2) is 0 Å². The number of anilines is 1. The lowest BCUT2D eigenvalue weighted by atomic mass is 10.2. The summed E-state index contributed by atoms with van der Waals surface area (Å²) in [5.74, 6) is 0. The van der Waals surface area contributed by atoms with Gasteiger partial charge in [0.25, 0.3) is 0 Å². The lowest BCUT2D eigenvalue weighted by molar-refractivity contribution is -0.137. The van der Waals surface area contributed by atoms with Crippen molar-refractivity contribution in [1.82, 2.24) is 15.1 Å². The lowest BCUT2D eigenvalue weighted by Crippen LogP contribution is -2.43. The number of hydrogen-bond acceptors (Lipinski definition) is 2. The number of H-pyrrole nitrogens is 1. The summed E-state index contributed by atoms with van der Waals surface area (Å²) in [4.78, 5) is 13.4. The monoisotopic (exact) mass is 290 g/mol. The molecule has 0 atom stereocenters. The number of urea groups is 1. The fraction of sp³-hybridized carbons (Fsp3) is 0.667. The second kappa shape index (κ2) is 6.15. The van der Waals surface area contributed by atoms with E-state index in [1.54, 1.807) is 0 Å². The summed E-state index contributed by atoms with van der Waals surface area (Å²) in [5, 5.41) is 8.78. The van der Waals surface area contributed by atoms with Gasteiger partial charge in [0, 0.05) is 18.8 Å². The standard InChI is InChI=1S/C12H17F3N4O/c13-12(14,15)5-6-19(10-3-1-2-4-10)11(20)18-9-7-16-17-8-9/h7-8,10H,1-6H2,(H,16,17)(H,18,20). The number of rotatable bonds is 4. The van der Waals surface area contributed by atoms with Crippen LogP contribution in [0.1, 0.15) is 32.1 Å². The van der Waals surface area contributed by atoms with Crippen LogP contribution in [0.15, 0.2) is 12.4 Å². The Morgan fingerprint density at radius 2 is 2.15 bits per heavy atom. The molecule has 1 fully saturated rings. The molecule has 1 aliphatic carbocycles. The third kappa shape index (κ3) is 4.14. The number of nitrogens with one attached hydrogen (secondary N) is 2. The molecule has 8 heteroatoms. The molecule has 20 heavy (non-hydrogen) atoms. The number of aromatic nitrogens is 2. The fourth-order valence-corrected chi connectivity index (χ4v) is 2.43. The maximum atomic E-state index is 12.4. The summed E-state index contributed by atoms with van der Waals surface area (Å²) in [7, 11) is 0. The number of carbonyl (C=O) groups is 1. The molecule has 0 unspecified atom stereocenters. The number of halogens is 3. The van der Waals surface area contributed by atoms with Crippen molar-refractivity contribution in [2.24, 2.45) is 0 Å². The highest BCUT2D eigenvalue weighted by Crippen LogP contribution is 2.27. The topological polar surface area (TPSA) is 61.0 Å². The molecule has 0 saturated heterocycles. The summed E-state index contributed by atoms with van der Waals surface area (Å²) >= 11 is 0. The molecule has 1 aliphatic rings. The molecule has 1 aromatic heterocycles. The first kappa shape index (κ1) is 14.7. The SMILES string of the molecule is O=C(Nc1cn[nH]c1)N(CCC(F)(F)F)C1CCCC1. The van der Waals surface area contributed by atoms with Crippen molar-refractivity contribution < 1.29 is 18.0 Å². The van der Waals surface area contributed by atoms with E-state index in [9.17, 15) is 18.0 Å². The molecular formula is C12H17F3N4O. The zero-order valence-corrected chi connectivity index (χ0v) is 10.9. The molecule has 0 bridgehead atoms. The summed E-state index contributed by atoms with van der Waals surface area (Å²) in [6.45, 7) is -0.308. The van der Waals surface area contributed by atoms with Crippen molar-refractivity contribution >= 4 is 11.7 Å². The zero-order valence-electron chi connectivity index (χ0n) is 10.9. The fourth-order valence-electron chi connectivity index (χ4n) is 2.43. The minimum absolute atomic E-state index is 0.107. The van der Waals surface area contributed by atoms with Gasteiger partial charge in [-0.15, -0.1) is 0 Å². The average molecular weight is 290 g/mol. The predicted octanol–water partition coefficient (Wildman–Crippen LogP) is 3.14. The van der Waals surface area contributed by atoms with Gasteiger partial charge in [-0.2, -0.15) is 18.3 Å². The van der Waals surface area contributed by atoms with Crippen molar-refractivity contribution in [3.05, 3.63) is 12.4 Å². The van der Waals surface area contributed by atoms with Crippen molar-refractivity contribution in [3.63, 3.8) is 0 Å². The number of alkyl halides is 3. The molecule has 5 nitrogen and oxygen atoms in total. The Hall–Kier alpha value is -1.73. The van der Waals surface area contributed by atoms with Crippen LogP contribution in [0, 0.1) is 0 Å². The van der Waals surface area contributed by atoms with E-state index < -0.39 is 18.6 Å². The van der Waals surface area contributed by atoms with Gasteiger partial charge >= 0.3 is 12.2 Å². The second-order valence-corrected chi connectivity index (χ2v) is 4.91. The molecule has 112 valence electrons. The van der Waals surface area contributed by atoms with Crippen LogP contribution in [-0.2, 0) is 0 Å². The van der Waals surface area contributed by atoms with Crippen molar-refractivity contribution in [2.45, 2.75) is 44.3 Å². The van der Waals surface area contributed by atoms with Gasteiger partial charge in [-0.05, 0) is 12.8 Å². The van der Waals surface area contributed by atoms with Crippen LogP contribution in [0.3, 0.4) is 0 Å². The highest BCUT2D eigenvalue weighted by molar-refractivity contribution is 5.89. The minimum Gasteiger partial charge on any atom is -0.321 e. The van der Waals surface area contributed by atoms with Crippen LogP contribution in [0.25, 0.3) is 0 Å². The van der Waals surface area contributed by atoms with E-state index in [0.29, 0.717) is 5.69 Å². The largest absolute Gasteiger partial charge is 0.390 e. The van der Waals surface area contributed by atoms with Crippen molar-refractivity contribution in [2.75, 3.05) is 11.9 Å². The highest BCUT2D eigenvalue weighted by Gasteiger charge is 2.32. The normalized spacial score (nSPS) is 16.4. The van der Waals surface area contributed by atoms with Gasteiger partial charge in [0.05, 0.1) is 18.3 Å². The summed E-state index contributed by atoms with van der Waals surface area (Å²) < 4.78 is 37.1.